The molecule has 82 valence electrons. The van der Waals surface area contributed by atoms with Crippen LogP contribution >= 0.6 is 0 Å². The lowest BCUT2D eigenvalue weighted by Crippen LogP contribution is -2.41. The van der Waals surface area contributed by atoms with Crippen LogP contribution < -0.4 is 10.5 Å². The molecule has 1 unspecified atom stereocenters. The van der Waals surface area contributed by atoms with Crippen molar-refractivity contribution in [3.8, 4) is 5.75 Å². The molecule has 2 N–H and O–H groups in total. The SMILES string of the molecule is NC1(CCOc2ccccc2)CCOC1. The van der Waals surface area contributed by atoms with E-state index in [0.717, 1.165) is 25.2 Å². The van der Waals surface area contributed by atoms with Gasteiger partial charge in [0.1, 0.15) is 5.75 Å². The average molecular weight is 207 g/mol. The summed E-state index contributed by atoms with van der Waals surface area (Å²) in [6, 6.07) is 9.81. The maximum absolute atomic E-state index is 6.12. The molecule has 1 fully saturated rings. The van der Waals surface area contributed by atoms with E-state index < -0.39 is 0 Å². The minimum atomic E-state index is -0.172. The first-order chi connectivity index (χ1) is 7.29. The molecule has 1 aromatic carbocycles. The van der Waals surface area contributed by atoms with Crippen molar-refractivity contribution in [2.75, 3.05) is 19.8 Å². The van der Waals surface area contributed by atoms with E-state index in [4.69, 9.17) is 15.2 Å². The fourth-order valence-corrected chi connectivity index (χ4v) is 1.71. The van der Waals surface area contributed by atoms with Crippen LogP contribution in [0, 0.1) is 0 Å². The minimum absolute atomic E-state index is 0.172. The molecule has 0 aromatic heterocycles. The summed E-state index contributed by atoms with van der Waals surface area (Å²) in [5.74, 6) is 0.903. The second-order valence-corrected chi connectivity index (χ2v) is 4.08. The molecule has 1 aliphatic heterocycles. The van der Waals surface area contributed by atoms with Crippen LogP contribution in [0.4, 0.5) is 0 Å². The fourth-order valence-electron chi connectivity index (χ4n) is 1.71. The van der Waals surface area contributed by atoms with Crippen molar-refractivity contribution in [1.29, 1.82) is 0 Å². The Bertz CT molecular complexity index is 294. The number of hydrogen-bond donors (Lipinski definition) is 1. The molecule has 1 heterocycles. The van der Waals surface area contributed by atoms with E-state index in [1.807, 2.05) is 30.3 Å². The molecule has 1 atom stereocenters. The highest BCUT2D eigenvalue weighted by Gasteiger charge is 2.29. The highest BCUT2D eigenvalue weighted by atomic mass is 16.5. The van der Waals surface area contributed by atoms with Crippen LogP contribution in [-0.2, 0) is 4.74 Å². The van der Waals surface area contributed by atoms with E-state index in [1.54, 1.807) is 0 Å². The number of hydrogen-bond acceptors (Lipinski definition) is 3. The molecule has 1 aliphatic rings. The summed E-state index contributed by atoms with van der Waals surface area (Å²) in [4.78, 5) is 0. The Morgan fingerprint density at radius 1 is 1.33 bits per heavy atom. The van der Waals surface area contributed by atoms with Crippen LogP contribution in [0.3, 0.4) is 0 Å². The molecular formula is C12H17NO2. The maximum atomic E-state index is 6.12. The van der Waals surface area contributed by atoms with Gasteiger partial charge < -0.3 is 15.2 Å². The van der Waals surface area contributed by atoms with Crippen molar-refractivity contribution in [3.63, 3.8) is 0 Å². The van der Waals surface area contributed by atoms with E-state index in [1.165, 1.54) is 0 Å². The molecule has 1 saturated heterocycles. The third-order valence-corrected chi connectivity index (χ3v) is 2.75. The second-order valence-electron chi connectivity index (χ2n) is 4.08. The second kappa shape index (κ2) is 4.64. The van der Waals surface area contributed by atoms with Gasteiger partial charge in [0, 0.05) is 18.6 Å². The predicted molar refractivity (Wildman–Crippen MR) is 58.9 cm³/mol. The zero-order valence-electron chi connectivity index (χ0n) is 8.82. The molecule has 0 spiro atoms. The molecule has 0 radical (unpaired) electrons. The van der Waals surface area contributed by atoms with Gasteiger partial charge in [-0.3, -0.25) is 0 Å². The van der Waals surface area contributed by atoms with Gasteiger partial charge in [-0.25, -0.2) is 0 Å². The number of benzene rings is 1. The van der Waals surface area contributed by atoms with Gasteiger partial charge in [-0.15, -0.1) is 0 Å². The number of para-hydroxylation sites is 1. The van der Waals surface area contributed by atoms with Crippen molar-refractivity contribution in [2.45, 2.75) is 18.4 Å². The average Bonchev–Trinajstić information content (AvgIpc) is 2.67. The number of nitrogens with two attached hydrogens (primary N) is 1. The molecule has 0 aliphatic carbocycles. The Morgan fingerprint density at radius 2 is 2.13 bits per heavy atom. The number of ether oxygens (including phenoxy) is 2. The van der Waals surface area contributed by atoms with E-state index in [0.29, 0.717) is 13.2 Å². The molecular weight excluding hydrogens is 190 g/mol. The first-order valence-electron chi connectivity index (χ1n) is 5.33. The summed E-state index contributed by atoms with van der Waals surface area (Å²) in [6.07, 6.45) is 1.78. The zero-order valence-corrected chi connectivity index (χ0v) is 8.82. The van der Waals surface area contributed by atoms with Crippen molar-refractivity contribution in [2.24, 2.45) is 5.73 Å². The van der Waals surface area contributed by atoms with Crippen LogP contribution in [0.25, 0.3) is 0 Å². The Labute approximate surface area is 90.2 Å². The van der Waals surface area contributed by atoms with Gasteiger partial charge in [0.25, 0.3) is 0 Å². The van der Waals surface area contributed by atoms with Crippen LogP contribution in [0.2, 0.25) is 0 Å². The normalized spacial score (nSPS) is 25.4. The quantitative estimate of drug-likeness (QED) is 0.815. The van der Waals surface area contributed by atoms with Gasteiger partial charge in [-0.2, -0.15) is 0 Å². The molecule has 0 bridgehead atoms. The summed E-state index contributed by atoms with van der Waals surface area (Å²) < 4.78 is 10.9. The molecule has 0 amide bonds. The van der Waals surface area contributed by atoms with Gasteiger partial charge in [0.15, 0.2) is 0 Å². The van der Waals surface area contributed by atoms with E-state index in [-0.39, 0.29) is 5.54 Å². The monoisotopic (exact) mass is 207 g/mol. The largest absolute Gasteiger partial charge is 0.494 e. The van der Waals surface area contributed by atoms with Crippen molar-refractivity contribution in [1.82, 2.24) is 0 Å². The molecule has 1 aromatic rings. The fraction of sp³-hybridized carbons (Fsp3) is 0.500. The Balaban J connectivity index is 1.75. The maximum Gasteiger partial charge on any atom is 0.119 e. The van der Waals surface area contributed by atoms with Gasteiger partial charge in [-0.05, 0) is 18.6 Å². The molecule has 0 saturated carbocycles. The first kappa shape index (κ1) is 10.5. The predicted octanol–water partition coefficient (Wildman–Crippen LogP) is 1.57. The highest BCUT2D eigenvalue weighted by Crippen LogP contribution is 2.20. The van der Waals surface area contributed by atoms with Crippen LogP contribution in [0.1, 0.15) is 12.8 Å². The van der Waals surface area contributed by atoms with Gasteiger partial charge in [0.2, 0.25) is 0 Å². The zero-order chi connectivity index (χ0) is 10.6. The first-order valence-corrected chi connectivity index (χ1v) is 5.33. The standard InChI is InChI=1S/C12H17NO2/c13-12(6-8-14-10-12)7-9-15-11-4-2-1-3-5-11/h1-5H,6-10,13H2. The smallest absolute Gasteiger partial charge is 0.119 e. The molecule has 15 heavy (non-hydrogen) atoms. The lowest BCUT2D eigenvalue weighted by atomic mass is 9.97. The van der Waals surface area contributed by atoms with Gasteiger partial charge >= 0.3 is 0 Å². The topological polar surface area (TPSA) is 44.5 Å². The van der Waals surface area contributed by atoms with Crippen LogP contribution in [-0.4, -0.2) is 25.4 Å². The summed E-state index contributed by atoms with van der Waals surface area (Å²) in [5, 5.41) is 0. The van der Waals surface area contributed by atoms with Gasteiger partial charge in [-0.1, -0.05) is 18.2 Å². The molecule has 3 nitrogen and oxygen atoms in total. The summed E-state index contributed by atoms with van der Waals surface area (Å²) in [7, 11) is 0. The Hall–Kier alpha value is -1.06. The van der Waals surface area contributed by atoms with E-state index in [9.17, 15) is 0 Å². The summed E-state index contributed by atoms with van der Waals surface area (Å²) in [5.41, 5.74) is 5.95. The minimum Gasteiger partial charge on any atom is -0.494 e. The van der Waals surface area contributed by atoms with E-state index in [2.05, 4.69) is 0 Å². The lowest BCUT2D eigenvalue weighted by molar-refractivity contribution is 0.167. The number of rotatable bonds is 4. The van der Waals surface area contributed by atoms with Crippen molar-refractivity contribution >= 4 is 0 Å². The third-order valence-electron chi connectivity index (χ3n) is 2.75. The van der Waals surface area contributed by atoms with E-state index >= 15 is 0 Å². The third kappa shape index (κ3) is 2.94. The lowest BCUT2D eigenvalue weighted by Gasteiger charge is -2.21. The molecule has 2 rings (SSSR count). The van der Waals surface area contributed by atoms with Crippen molar-refractivity contribution in [3.05, 3.63) is 30.3 Å². The Morgan fingerprint density at radius 3 is 2.80 bits per heavy atom. The van der Waals surface area contributed by atoms with Crippen molar-refractivity contribution < 1.29 is 9.47 Å². The molecule has 3 heteroatoms. The Kier molecular flexibility index (Phi) is 3.23. The summed E-state index contributed by atoms with van der Waals surface area (Å²) in [6.45, 7) is 2.09. The van der Waals surface area contributed by atoms with Crippen LogP contribution in [0.15, 0.2) is 30.3 Å². The van der Waals surface area contributed by atoms with Crippen LogP contribution in [0.5, 0.6) is 5.75 Å². The highest BCUT2D eigenvalue weighted by molar-refractivity contribution is 5.20. The van der Waals surface area contributed by atoms with Gasteiger partial charge in [0.05, 0.1) is 13.2 Å². The summed E-state index contributed by atoms with van der Waals surface area (Å²) >= 11 is 0.